The van der Waals surface area contributed by atoms with Gasteiger partial charge in [-0.25, -0.2) is 0 Å². The minimum absolute atomic E-state index is 1.33. The van der Waals surface area contributed by atoms with Crippen molar-refractivity contribution in [2.75, 3.05) is 0 Å². The van der Waals surface area contributed by atoms with Crippen molar-refractivity contribution < 1.29 is 0 Å². The molecule has 4 aromatic rings. The first kappa shape index (κ1) is 21.4. The highest BCUT2D eigenvalue weighted by molar-refractivity contribution is 5.86. The van der Waals surface area contributed by atoms with Crippen molar-refractivity contribution in [2.45, 2.75) is 41.5 Å². The van der Waals surface area contributed by atoms with E-state index in [-0.39, 0.29) is 0 Å². The summed E-state index contributed by atoms with van der Waals surface area (Å²) in [4.78, 5) is 0. The molecule has 0 radical (unpaired) electrons. The van der Waals surface area contributed by atoms with E-state index in [1.165, 1.54) is 44.2 Å². The van der Waals surface area contributed by atoms with Gasteiger partial charge in [0.2, 0.25) is 0 Å². The summed E-state index contributed by atoms with van der Waals surface area (Å²) in [5.74, 6) is 0. The summed E-state index contributed by atoms with van der Waals surface area (Å²) in [5.41, 5.74) is 8.16. The van der Waals surface area contributed by atoms with Crippen molar-refractivity contribution in [3.05, 3.63) is 118 Å². The van der Waals surface area contributed by atoms with Crippen LogP contribution in [-0.2, 0) is 0 Å². The predicted octanol–water partition coefficient (Wildman–Crippen LogP) is 8.06. The van der Waals surface area contributed by atoms with Crippen molar-refractivity contribution in [1.82, 2.24) is 0 Å². The smallest absolute Gasteiger partial charge is 0.0152 e. The Morgan fingerprint density at radius 3 is 1.36 bits per heavy atom. The van der Waals surface area contributed by atoms with Gasteiger partial charge in [-0.1, -0.05) is 96.1 Å². The average molecular weight is 369 g/mol. The fourth-order valence-corrected chi connectivity index (χ4v) is 2.84. The van der Waals surface area contributed by atoms with Crippen LogP contribution in [0.25, 0.3) is 10.8 Å². The van der Waals surface area contributed by atoms with Crippen LogP contribution in [0, 0.1) is 41.5 Å². The van der Waals surface area contributed by atoms with Gasteiger partial charge in [0, 0.05) is 0 Å². The second-order valence-corrected chi connectivity index (χ2v) is 7.47. The van der Waals surface area contributed by atoms with E-state index in [2.05, 4.69) is 126 Å². The maximum Gasteiger partial charge on any atom is -0.0152 e. The van der Waals surface area contributed by atoms with Crippen LogP contribution in [0.4, 0.5) is 0 Å². The molecule has 4 aromatic carbocycles. The number of benzene rings is 4. The van der Waals surface area contributed by atoms with Crippen LogP contribution in [0.1, 0.15) is 33.4 Å². The summed E-state index contributed by atoms with van der Waals surface area (Å²) in [6, 6.07) is 29.7. The molecule has 0 aliphatic rings. The van der Waals surface area contributed by atoms with Crippen molar-refractivity contribution >= 4 is 10.8 Å². The predicted molar refractivity (Wildman–Crippen MR) is 125 cm³/mol. The van der Waals surface area contributed by atoms with Gasteiger partial charge in [0.1, 0.15) is 0 Å². The minimum atomic E-state index is 1.33. The highest BCUT2D eigenvalue weighted by Crippen LogP contribution is 2.20. The highest BCUT2D eigenvalue weighted by atomic mass is 14.0. The number of fused-ring (bicyclic) bond motifs is 1. The molecule has 0 atom stereocenters. The summed E-state index contributed by atoms with van der Waals surface area (Å²) in [5, 5.41) is 2.71. The molecule has 0 bridgehead atoms. The number of hydrogen-bond donors (Lipinski definition) is 0. The van der Waals surface area contributed by atoms with Crippen LogP contribution in [-0.4, -0.2) is 0 Å². The van der Waals surface area contributed by atoms with Gasteiger partial charge >= 0.3 is 0 Å². The zero-order valence-corrected chi connectivity index (χ0v) is 18.1. The lowest BCUT2D eigenvalue weighted by molar-refractivity contribution is 1.34. The maximum absolute atomic E-state index is 2.18. The molecule has 144 valence electrons. The van der Waals surface area contributed by atoms with Gasteiger partial charge in [-0.05, 0) is 74.6 Å². The summed E-state index contributed by atoms with van der Waals surface area (Å²) in [7, 11) is 0. The largest absolute Gasteiger partial charge is 0.0620 e. The first-order chi connectivity index (χ1) is 13.4. The maximum atomic E-state index is 2.18. The molecule has 0 aromatic heterocycles. The monoisotopic (exact) mass is 368 g/mol. The zero-order chi connectivity index (χ0) is 20.5. The molecule has 4 rings (SSSR count). The Morgan fingerprint density at radius 1 is 0.393 bits per heavy atom. The lowest BCUT2D eigenvalue weighted by Crippen LogP contribution is -1.82. The summed E-state index contributed by atoms with van der Waals surface area (Å²) >= 11 is 0. The standard InChI is InChI=1S/C12H12.2C8H10/c1-9-7-8-11-5-3-4-6-12(11)10(9)2;1-7-3-5-8(2)6-4-7;1-7-5-3-4-6-8(7)2/h3-8H,1-2H3;2*3-6H,1-2H3. The molecular formula is C28H32. The molecule has 0 saturated heterocycles. The van der Waals surface area contributed by atoms with Crippen molar-refractivity contribution in [3.8, 4) is 0 Å². The molecule has 0 unspecified atom stereocenters. The molecule has 0 spiro atoms. The van der Waals surface area contributed by atoms with Crippen molar-refractivity contribution in [1.29, 1.82) is 0 Å². The van der Waals surface area contributed by atoms with Crippen molar-refractivity contribution in [3.63, 3.8) is 0 Å². The van der Waals surface area contributed by atoms with Crippen LogP contribution >= 0.6 is 0 Å². The van der Waals surface area contributed by atoms with Gasteiger partial charge in [-0.15, -0.1) is 0 Å². The molecule has 28 heavy (non-hydrogen) atoms. The summed E-state index contributed by atoms with van der Waals surface area (Å²) in [6.07, 6.45) is 0. The van der Waals surface area contributed by atoms with Gasteiger partial charge in [0.05, 0.1) is 0 Å². The molecule has 0 saturated carbocycles. The number of hydrogen-bond acceptors (Lipinski definition) is 0. The second kappa shape index (κ2) is 10.5. The Balaban J connectivity index is 0.000000156. The Hall–Kier alpha value is -2.86. The van der Waals surface area contributed by atoms with E-state index in [1.807, 2.05) is 0 Å². The fourth-order valence-electron chi connectivity index (χ4n) is 2.84. The normalized spacial score (nSPS) is 9.79. The van der Waals surface area contributed by atoms with E-state index in [9.17, 15) is 0 Å². The number of rotatable bonds is 0. The van der Waals surface area contributed by atoms with Crippen LogP contribution in [0.2, 0.25) is 0 Å². The van der Waals surface area contributed by atoms with E-state index in [1.54, 1.807) is 0 Å². The molecule has 0 nitrogen and oxygen atoms in total. The zero-order valence-electron chi connectivity index (χ0n) is 18.1. The third-order valence-corrected chi connectivity index (χ3v) is 5.11. The summed E-state index contributed by atoms with van der Waals surface area (Å²) in [6.45, 7) is 12.8. The van der Waals surface area contributed by atoms with Gasteiger partial charge in [-0.2, -0.15) is 0 Å². The molecule has 0 aliphatic heterocycles. The van der Waals surface area contributed by atoms with E-state index < -0.39 is 0 Å². The van der Waals surface area contributed by atoms with Crippen LogP contribution in [0.15, 0.2) is 84.9 Å². The van der Waals surface area contributed by atoms with Gasteiger partial charge in [0.25, 0.3) is 0 Å². The van der Waals surface area contributed by atoms with Gasteiger partial charge in [0.15, 0.2) is 0 Å². The lowest BCUT2D eigenvalue weighted by atomic mass is 10.0. The van der Waals surface area contributed by atoms with Gasteiger partial charge < -0.3 is 0 Å². The Bertz CT molecular complexity index is 966. The molecule has 0 aliphatic carbocycles. The van der Waals surface area contributed by atoms with E-state index in [4.69, 9.17) is 0 Å². The Labute approximate surface area is 170 Å². The second-order valence-electron chi connectivity index (χ2n) is 7.47. The molecule has 0 fully saturated rings. The highest BCUT2D eigenvalue weighted by Gasteiger charge is 1.97. The fraction of sp³-hybridized carbons (Fsp3) is 0.214. The SMILES string of the molecule is Cc1ccc(C)cc1.Cc1ccc2ccccc2c1C.Cc1ccccc1C. The van der Waals surface area contributed by atoms with E-state index in [0.29, 0.717) is 0 Å². The third kappa shape index (κ3) is 6.39. The van der Waals surface area contributed by atoms with E-state index in [0.717, 1.165) is 0 Å². The van der Waals surface area contributed by atoms with Crippen LogP contribution < -0.4 is 0 Å². The third-order valence-electron chi connectivity index (χ3n) is 5.11. The molecule has 0 N–H and O–H groups in total. The number of aryl methyl sites for hydroxylation is 6. The first-order valence-corrected chi connectivity index (χ1v) is 9.89. The molecule has 0 heterocycles. The molecular weight excluding hydrogens is 336 g/mol. The minimum Gasteiger partial charge on any atom is -0.0620 e. The van der Waals surface area contributed by atoms with E-state index >= 15 is 0 Å². The van der Waals surface area contributed by atoms with Crippen molar-refractivity contribution in [2.24, 2.45) is 0 Å². The summed E-state index contributed by atoms with van der Waals surface area (Å²) < 4.78 is 0. The topological polar surface area (TPSA) is 0 Å². The average Bonchev–Trinajstić information content (AvgIpc) is 2.71. The quantitative estimate of drug-likeness (QED) is 0.294. The molecule has 0 amide bonds. The van der Waals surface area contributed by atoms with Gasteiger partial charge in [-0.3, -0.25) is 0 Å². The lowest BCUT2D eigenvalue weighted by Gasteiger charge is -2.04. The van der Waals surface area contributed by atoms with Crippen LogP contribution in [0.3, 0.4) is 0 Å². The van der Waals surface area contributed by atoms with Crippen LogP contribution in [0.5, 0.6) is 0 Å². The molecule has 0 heteroatoms. The Morgan fingerprint density at radius 2 is 0.857 bits per heavy atom. The first-order valence-electron chi connectivity index (χ1n) is 9.89. The Kier molecular flexibility index (Phi) is 8.02.